The summed E-state index contributed by atoms with van der Waals surface area (Å²) < 4.78 is 5.85. The summed E-state index contributed by atoms with van der Waals surface area (Å²) in [5.74, 6) is 0.657. The highest BCUT2D eigenvalue weighted by Gasteiger charge is 2.36. The molecule has 0 aromatic heterocycles. The molecule has 1 aliphatic heterocycles. The molecule has 3 nitrogen and oxygen atoms in total. The fourth-order valence-electron chi connectivity index (χ4n) is 4.05. The summed E-state index contributed by atoms with van der Waals surface area (Å²) in [6.45, 7) is 5.73. The van der Waals surface area contributed by atoms with Gasteiger partial charge in [-0.2, -0.15) is 0 Å². The summed E-state index contributed by atoms with van der Waals surface area (Å²) in [4.78, 5) is 2.64. The average Bonchev–Trinajstić information content (AvgIpc) is 2.97. The fourth-order valence-corrected chi connectivity index (χ4v) is 4.05. The Kier molecular flexibility index (Phi) is 4.39. The van der Waals surface area contributed by atoms with E-state index in [4.69, 9.17) is 10.5 Å². The number of fused-ring (bicyclic) bond motifs is 1. The van der Waals surface area contributed by atoms with E-state index in [9.17, 15) is 0 Å². The van der Waals surface area contributed by atoms with Crippen LogP contribution in [0.2, 0.25) is 0 Å². The van der Waals surface area contributed by atoms with E-state index >= 15 is 0 Å². The van der Waals surface area contributed by atoms with Crippen LogP contribution < -0.4 is 5.73 Å². The number of nitrogens with zero attached hydrogens (tertiary/aromatic N) is 1. The van der Waals surface area contributed by atoms with Crippen LogP contribution in [0.3, 0.4) is 0 Å². The molecule has 3 unspecified atom stereocenters. The van der Waals surface area contributed by atoms with E-state index in [1.165, 1.54) is 30.4 Å². The van der Waals surface area contributed by atoms with Crippen LogP contribution in [0, 0.1) is 5.92 Å². The number of nitrogens with two attached hydrogens (primary N) is 1. The number of benzene rings is 1. The van der Waals surface area contributed by atoms with E-state index in [0.717, 1.165) is 26.3 Å². The summed E-state index contributed by atoms with van der Waals surface area (Å²) in [6.07, 6.45) is 3.89. The third-order valence-corrected chi connectivity index (χ3v) is 5.06. The number of hydrogen-bond donors (Lipinski definition) is 1. The fraction of sp³-hybridized carbons (Fsp3) is 0.647. The maximum atomic E-state index is 5.98. The van der Waals surface area contributed by atoms with Crippen LogP contribution in [-0.2, 0) is 11.3 Å². The lowest BCUT2D eigenvalue weighted by molar-refractivity contribution is 0.00869. The molecule has 1 aromatic carbocycles. The highest BCUT2D eigenvalue weighted by molar-refractivity contribution is 5.31. The Balaban J connectivity index is 1.87. The highest BCUT2D eigenvalue weighted by atomic mass is 16.5. The molecule has 2 aliphatic rings. The van der Waals surface area contributed by atoms with Crippen LogP contribution >= 0.6 is 0 Å². The van der Waals surface area contributed by atoms with Crippen molar-refractivity contribution in [3.05, 3.63) is 35.4 Å². The van der Waals surface area contributed by atoms with Gasteiger partial charge in [0, 0.05) is 6.04 Å². The van der Waals surface area contributed by atoms with Crippen LogP contribution in [0.25, 0.3) is 0 Å². The maximum absolute atomic E-state index is 5.98. The van der Waals surface area contributed by atoms with Crippen molar-refractivity contribution in [1.29, 1.82) is 0 Å². The van der Waals surface area contributed by atoms with Crippen LogP contribution in [-0.4, -0.2) is 30.6 Å². The van der Waals surface area contributed by atoms with Crippen molar-refractivity contribution in [2.45, 2.75) is 44.9 Å². The van der Waals surface area contributed by atoms with Gasteiger partial charge in [0.25, 0.3) is 0 Å². The van der Waals surface area contributed by atoms with Crippen molar-refractivity contribution in [1.82, 2.24) is 4.90 Å². The van der Waals surface area contributed by atoms with Gasteiger partial charge in [-0.3, -0.25) is 4.90 Å². The second-order valence-corrected chi connectivity index (χ2v) is 6.05. The minimum atomic E-state index is 0.405. The zero-order valence-electron chi connectivity index (χ0n) is 12.4. The second-order valence-electron chi connectivity index (χ2n) is 6.05. The lowest BCUT2D eigenvalue weighted by Gasteiger charge is -2.40. The average molecular weight is 274 g/mol. The molecule has 1 saturated carbocycles. The van der Waals surface area contributed by atoms with Crippen molar-refractivity contribution in [3.63, 3.8) is 0 Å². The largest absolute Gasteiger partial charge is 0.375 e. The molecule has 20 heavy (non-hydrogen) atoms. The highest BCUT2D eigenvalue weighted by Crippen LogP contribution is 2.37. The Bertz CT molecular complexity index is 448. The SMILES string of the molecule is CCN(C1COCc2ccccc21)C1CCCC1CN. The minimum absolute atomic E-state index is 0.405. The third-order valence-electron chi connectivity index (χ3n) is 5.06. The zero-order chi connectivity index (χ0) is 13.9. The van der Waals surface area contributed by atoms with E-state index in [1.54, 1.807) is 0 Å². The van der Waals surface area contributed by atoms with E-state index in [0.29, 0.717) is 18.0 Å². The van der Waals surface area contributed by atoms with E-state index in [1.807, 2.05) is 0 Å². The molecular formula is C17H26N2O. The van der Waals surface area contributed by atoms with Crippen molar-refractivity contribution in [3.8, 4) is 0 Å². The lowest BCUT2D eigenvalue weighted by Crippen LogP contribution is -2.45. The first-order chi connectivity index (χ1) is 9.85. The molecule has 0 spiro atoms. The van der Waals surface area contributed by atoms with Gasteiger partial charge < -0.3 is 10.5 Å². The molecule has 110 valence electrons. The van der Waals surface area contributed by atoms with Crippen molar-refractivity contribution < 1.29 is 4.74 Å². The van der Waals surface area contributed by atoms with Gasteiger partial charge in [-0.15, -0.1) is 0 Å². The van der Waals surface area contributed by atoms with Crippen molar-refractivity contribution >= 4 is 0 Å². The lowest BCUT2D eigenvalue weighted by atomic mass is 9.94. The van der Waals surface area contributed by atoms with E-state index in [-0.39, 0.29) is 0 Å². The molecule has 1 heterocycles. The standard InChI is InChI=1S/C17H26N2O/c1-2-19(16-9-5-7-13(16)10-18)17-12-20-11-14-6-3-4-8-15(14)17/h3-4,6,8,13,16-17H,2,5,7,9-12,18H2,1H3. The number of ether oxygens (including phenoxy) is 1. The summed E-state index contributed by atoms with van der Waals surface area (Å²) in [5, 5.41) is 0. The van der Waals surface area contributed by atoms with Crippen LogP contribution in [0.5, 0.6) is 0 Å². The number of rotatable bonds is 4. The van der Waals surface area contributed by atoms with Crippen LogP contribution in [0.15, 0.2) is 24.3 Å². The molecule has 0 bridgehead atoms. The predicted molar refractivity (Wildman–Crippen MR) is 81.4 cm³/mol. The Morgan fingerprint density at radius 1 is 1.30 bits per heavy atom. The van der Waals surface area contributed by atoms with Gasteiger partial charge in [-0.25, -0.2) is 0 Å². The van der Waals surface area contributed by atoms with Crippen LogP contribution in [0.1, 0.15) is 43.4 Å². The first-order valence-electron chi connectivity index (χ1n) is 7.96. The molecule has 3 atom stereocenters. The van der Waals surface area contributed by atoms with Crippen molar-refractivity contribution in [2.75, 3.05) is 19.7 Å². The maximum Gasteiger partial charge on any atom is 0.0721 e. The van der Waals surface area contributed by atoms with Gasteiger partial charge >= 0.3 is 0 Å². The Labute approximate surface area is 122 Å². The molecule has 3 heteroatoms. The normalized spacial score (nSPS) is 29.6. The Morgan fingerprint density at radius 3 is 2.95 bits per heavy atom. The molecule has 2 N–H and O–H groups in total. The smallest absolute Gasteiger partial charge is 0.0721 e. The Hall–Kier alpha value is -0.900. The minimum Gasteiger partial charge on any atom is -0.375 e. The summed E-state index contributed by atoms with van der Waals surface area (Å²) in [6, 6.07) is 9.77. The van der Waals surface area contributed by atoms with Gasteiger partial charge in [-0.05, 0) is 43.0 Å². The van der Waals surface area contributed by atoms with Gasteiger partial charge in [0.05, 0.1) is 19.3 Å². The van der Waals surface area contributed by atoms with Gasteiger partial charge in [0.15, 0.2) is 0 Å². The van der Waals surface area contributed by atoms with Crippen LogP contribution in [0.4, 0.5) is 0 Å². The number of hydrogen-bond acceptors (Lipinski definition) is 3. The van der Waals surface area contributed by atoms with E-state index in [2.05, 4.69) is 36.1 Å². The molecule has 0 amide bonds. The molecule has 0 saturated heterocycles. The zero-order valence-corrected chi connectivity index (χ0v) is 12.4. The molecule has 0 radical (unpaired) electrons. The summed E-state index contributed by atoms with van der Waals surface area (Å²) in [5.41, 5.74) is 8.80. The number of likely N-dealkylation sites (N-methyl/N-ethyl adjacent to an activating group) is 1. The van der Waals surface area contributed by atoms with Gasteiger partial charge in [0.1, 0.15) is 0 Å². The predicted octanol–water partition coefficient (Wildman–Crippen LogP) is 2.71. The van der Waals surface area contributed by atoms with Gasteiger partial charge in [0.2, 0.25) is 0 Å². The quantitative estimate of drug-likeness (QED) is 0.917. The summed E-state index contributed by atoms with van der Waals surface area (Å²) in [7, 11) is 0. The topological polar surface area (TPSA) is 38.5 Å². The molecular weight excluding hydrogens is 248 g/mol. The molecule has 1 fully saturated rings. The van der Waals surface area contributed by atoms with Gasteiger partial charge in [-0.1, -0.05) is 37.6 Å². The first-order valence-corrected chi connectivity index (χ1v) is 7.96. The second kappa shape index (κ2) is 6.25. The summed E-state index contributed by atoms with van der Waals surface area (Å²) >= 11 is 0. The molecule has 1 aliphatic carbocycles. The first kappa shape index (κ1) is 14.1. The third kappa shape index (κ3) is 2.50. The molecule has 3 rings (SSSR count). The van der Waals surface area contributed by atoms with E-state index < -0.39 is 0 Å². The molecule has 1 aromatic rings. The monoisotopic (exact) mass is 274 g/mol. The Morgan fingerprint density at radius 2 is 2.15 bits per heavy atom. The van der Waals surface area contributed by atoms with Crippen molar-refractivity contribution in [2.24, 2.45) is 11.7 Å².